The first kappa shape index (κ1) is 13.9. The van der Waals surface area contributed by atoms with E-state index in [1.165, 1.54) is 16.3 Å². The molecule has 0 aliphatic carbocycles. The average Bonchev–Trinajstić information content (AvgIpc) is 2.38. The summed E-state index contributed by atoms with van der Waals surface area (Å²) in [5.74, 6) is 1.49. The fourth-order valence-corrected chi connectivity index (χ4v) is 2.88. The zero-order chi connectivity index (χ0) is 13.7. The molecule has 0 radical (unpaired) electrons. The van der Waals surface area contributed by atoms with Gasteiger partial charge in [0, 0.05) is 11.8 Å². The molecule has 1 N–H and O–H groups in total. The molecule has 0 saturated carbocycles. The van der Waals surface area contributed by atoms with Crippen LogP contribution in [0.15, 0.2) is 42.5 Å². The Balaban J connectivity index is 1.97. The van der Waals surface area contributed by atoms with Crippen molar-refractivity contribution in [3.8, 4) is 0 Å². The van der Waals surface area contributed by atoms with Gasteiger partial charge in [-0.3, -0.25) is 4.79 Å². The van der Waals surface area contributed by atoms with Gasteiger partial charge in [-0.05, 0) is 30.2 Å². The fraction of sp³-hybridized carbons (Fsp3) is 0.312. The summed E-state index contributed by atoms with van der Waals surface area (Å²) in [6.45, 7) is 3.96. The number of carbonyl (C=O) groups is 1. The van der Waals surface area contributed by atoms with Crippen molar-refractivity contribution in [3.05, 3.63) is 48.0 Å². The predicted octanol–water partition coefficient (Wildman–Crippen LogP) is 3.60. The Morgan fingerprint density at radius 1 is 1.16 bits per heavy atom. The normalized spacial score (nSPS) is 10.9. The molecule has 0 unspecified atom stereocenters. The number of fused-ring (bicyclic) bond motifs is 1. The Hall–Kier alpha value is -1.48. The van der Waals surface area contributed by atoms with Crippen LogP contribution in [0.2, 0.25) is 0 Å². The second-order valence-corrected chi connectivity index (χ2v) is 5.84. The van der Waals surface area contributed by atoms with E-state index in [0.29, 0.717) is 5.75 Å². The number of hydrogen-bond donors (Lipinski definition) is 1. The third kappa shape index (κ3) is 4.00. The van der Waals surface area contributed by atoms with Gasteiger partial charge in [0.1, 0.15) is 0 Å². The molecule has 100 valence electrons. The van der Waals surface area contributed by atoms with Gasteiger partial charge in [0.25, 0.3) is 0 Å². The molecule has 2 rings (SSSR count). The van der Waals surface area contributed by atoms with E-state index in [1.807, 2.05) is 13.8 Å². The van der Waals surface area contributed by atoms with Gasteiger partial charge in [-0.1, -0.05) is 42.5 Å². The van der Waals surface area contributed by atoms with Crippen LogP contribution < -0.4 is 5.32 Å². The highest BCUT2D eigenvalue weighted by atomic mass is 32.2. The van der Waals surface area contributed by atoms with Crippen LogP contribution in [0.4, 0.5) is 0 Å². The Bertz CT molecular complexity index is 560. The van der Waals surface area contributed by atoms with Crippen LogP contribution in [0.3, 0.4) is 0 Å². The minimum atomic E-state index is 0.111. The third-order valence-corrected chi connectivity index (χ3v) is 3.80. The van der Waals surface area contributed by atoms with E-state index >= 15 is 0 Å². The largest absolute Gasteiger partial charge is 0.353 e. The van der Waals surface area contributed by atoms with Gasteiger partial charge in [-0.25, -0.2) is 0 Å². The van der Waals surface area contributed by atoms with Crippen LogP contribution in [0.25, 0.3) is 10.8 Å². The Kier molecular flexibility index (Phi) is 4.86. The number of hydrogen-bond acceptors (Lipinski definition) is 2. The number of benzene rings is 2. The first-order valence-electron chi connectivity index (χ1n) is 6.50. The maximum absolute atomic E-state index is 11.6. The summed E-state index contributed by atoms with van der Waals surface area (Å²) in [6, 6.07) is 14.9. The van der Waals surface area contributed by atoms with Gasteiger partial charge in [-0.2, -0.15) is 0 Å². The SMILES string of the molecule is CC(C)NC(=O)CSCc1cccc2ccccc12. The maximum atomic E-state index is 11.6. The van der Waals surface area contributed by atoms with Crippen LogP contribution in [0, 0.1) is 0 Å². The van der Waals surface area contributed by atoms with Gasteiger partial charge in [-0.15, -0.1) is 11.8 Å². The van der Waals surface area contributed by atoms with Gasteiger partial charge in [0.2, 0.25) is 5.91 Å². The molecule has 3 heteroatoms. The highest BCUT2D eigenvalue weighted by Gasteiger charge is 2.05. The minimum Gasteiger partial charge on any atom is -0.353 e. The third-order valence-electron chi connectivity index (χ3n) is 2.82. The number of nitrogens with one attached hydrogen (secondary N) is 1. The van der Waals surface area contributed by atoms with Crippen LogP contribution in [0.1, 0.15) is 19.4 Å². The molecule has 19 heavy (non-hydrogen) atoms. The summed E-state index contributed by atoms with van der Waals surface area (Å²) >= 11 is 1.66. The molecular weight excluding hydrogens is 254 g/mol. The van der Waals surface area contributed by atoms with Crippen LogP contribution in [-0.4, -0.2) is 17.7 Å². The van der Waals surface area contributed by atoms with E-state index in [2.05, 4.69) is 47.8 Å². The predicted molar refractivity (Wildman–Crippen MR) is 83.4 cm³/mol. The molecule has 2 nitrogen and oxygen atoms in total. The molecule has 2 aromatic rings. The van der Waals surface area contributed by atoms with Crippen molar-refractivity contribution in [3.63, 3.8) is 0 Å². The quantitative estimate of drug-likeness (QED) is 0.902. The summed E-state index contributed by atoms with van der Waals surface area (Å²) in [4.78, 5) is 11.6. The van der Waals surface area contributed by atoms with E-state index < -0.39 is 0 Å². The fourth-order valence-electron chi connectivity index (χ4n) is 2.04. The molecule has 2 aromatic carbocycles. The number of carbonyl (C=O) groups excluding carboxylic acids is 1. The van der Waals surface area contributed by atoms with Crippen LogP contribution >= 0.6 is 11.8 Å². The van der Waals surface area contributed by atoms with E-state index in [-0.39, 0.29) is 11.9 Å². The van der Waals surface area contributed by atoms with Crippen molar-refractivity contribution >= 4 is 28.4 Å². The Labute approximate surface area is 118 Å². The number of thioether (sulfide) groups is 1. The smallest absolute Gasteiger partial charge is 0.230 e. The van der Waals surface area contributed by atoms with E-state index in [4.69, 9.17) is 0 Å². The molecule has 0 spiro atoms. The topological polar surface area (TPSA) is 29.1 Å². The lowest BCUT2D eigenvalue weighted by Gasteiger charge is -2.09. The first-order chi connectivity index (χ1) is 9.16. The minimum absolute atomic E-state index is 0.111. The average molecular weight is 273 g/mol. The number of rotatable bonds is 5. The van der Waals surface area contributed by atoms with Gasteiger partial charge in [0.05, 0.1) is 5.75 Å². The van der Waals surface area contributed by atoms with Crippen LogP contribution in [-0.2, 0) is 10.5 Å². The van der Waals surface area contributed by atoms with E-state index in [9.17, 15) is 4.79 Å². The second kappa shape index (κ2) is 6.62. The zero-order valence-electron chi connectivity index (χ0n) is 11.3. The van der Waals surface area contributed by atoms with E-state index in [1.54, 1.807) is 11.8 Å². The summed E-state index contributed by atoms with van der Waals surface area (Å²) in [6.07, 6.45) is 0. The first-order valence-corrected chi connectivity index (χ1v) is 7.66. The van der Waals surface area contributed by atoms with Crippen molar-refractivity contribution in [2.75, 3.05) is 5.75 Å². The molecular formula is C16H19NOS. The van der Waals surface area contributed by atoms with Gasteiger partial charge in [0.15, 0.2) is 0 Å². The maximum Gasteiger partial charge on any atom is 0.230 e. The van der Waals surface area contributed by atoms with Crippen molar-refractivity contribution in [1.82, 2.24) is 5.32 Å². The second-order valence-electron chi connectivity index (χ2n) is 4.85. The highest BCUT2D eigenvalue weighted by molar-refractivity contribution is 7.99. The highest BCUT2D eigenvalue weighted by Crippen LogP contribution is 2.22. The number of amides is 1. The van der Waals surface area contributed by atoms with Crippen molar-refractivity contribution in [2.45, 2.75) is 25.6 Å². The molecule has 0 fully saturated rings. The van der Waals surface area contributed by atoms with Crippen molar-refractivity contribution < 1.29 is 4.79 Å². The lowest BCUT2D eigenvalue weighted by Crippen LogP contribution is -2.31. The summed E-state index contributed by atoms with van der Waals surface area (Å²) in [5, 5.41) is 5.44. The van der Waals surface area contributed by atoms with Gasteiger partial charge >= 0.3 is 0 Å². The summed E-state index contributed by atoms with van der Waals surface area (Å²) < 4.78 is 0. The molecule has 0 aliphatic heterocycles. The van der Waals surface area contributed by atoms with Gasteiger partial charge < -0.3 is 5.32 Å². The summed E-state index contributed by atoms with van der Waals surface area (Å²) in [7, 11) is 0. The van der Waals surface area contributed by atoms with Crippen LogP contribution in [0.5, 0.6) is 0 Å². The molecule has 0 heterocycles. The molecule has 0 saturated heterocycles. The Morgan fingerprint density at radius 2 is 1.89 bits per heavy atom. The van der Waals surface area contributed by atoms with Crippen molar-refractivity contribution in [2.24, 2.45) is 0 Å². The molecule has 0 atom stereocenters. The lowest BCUT2D eigenvalue weighted by molar-refractivity contribution is -0.119. The lowest BCUT2D eigenvalue weighted by atomic mass is 10.1. The molecule has 0 aromatic heterocycles. The molecule has 0 aliphatic rings. The van der Waals surface area contributed by atoms with E-state index in [0.717, 1.165) is 5.75 Å². The summed E-state index contributed by atoms with van der Waals surface area (Å²) in [5.41, 5.74) is 1.29. The molecule has 0 bridgehead atoms. The van der Waals surface area contributed by atoms with Crippen molar-refractivity contribution in [1.29, 1.82) is 0 Å². The zero-order valence-corrected chi connectivity index (χ0v) is 12.2. The Morgan fingerprint density at radius 3 is 2.68 bits per heavy atom. The monoisotopic (exact) mass is 273 g/mol. The standard InChI is InChI=1S/C16H19NOS/c1-12(2)17-16(18)11-19-10-14-8-5-7-13-6-3-4-9-15(13)14/h3-9,12H,10-11H2,1-2H3,(H,17,18). The molecule has 1 amide bonds.